The van der Waals surface area contributed by atoms with Gasteiger partial charge in [0.2, 0.25) is 0 Å². The monoisotopic (exact) mass is 492 g/mol. The topological polar surface area (TPSA) is 96.2 Å². The highest BCUT2D eigenvalue weighted by molar-refractivity contribution is 7.21. The number of rotatable bonds is 3. The van der Waals surface area contributed by atoms with Gasteiger partial charge in [0, 0.05) is 43.4 Å². The van der Waals surface area contributed by atoms with Gasteiger partial charge >= 0.3 is 0 Å². The number of hydrogen-bond acceptors (Lipinski definition) is 7. The molecule has 4 N–H and O–H groups in total. The number of nitrogens with zero attached hydrogens (tertiary/aromatic N) is 3. The lowest BCUT2D eigenvalue weighted by atomic mass is 9.71. The lowest BCUT2D eigenvalue weighted by molar-refractivity contribution is 0.0938. The van der Waals surface area contributed by atoms with Gasteiger partial charge in [0.05, 0.1) is 5.69 Å². The van der Waals surface area contributed by atoms with Crippen molar-refractivity contribution in [3.63, 3.8) is 0 Å². The van der Waals surface area contributed by atoms with E-state index in [1.165, 1.54) is 29.0 Å². The van der Waals surface area contributed by atoms with Crippen LogP contribution in [0.2, 0.25) is 0 Å². The minimum atomic E-state index is -0.101. The van der Waals surface area contributed by atoms with Crippen LogP contribution in [0, 0.1) is 18.3 Å². The average Bonchev–Trinajstić information content (AvgIpc) is 3.41. The summed E-state index contributed by atoms with van der Waals surface area (Å²) in [4.78, 5) is 26.5. The van der Waals surface area contributed by atoms with E-state index in [0.29, 0.717) is 27.9 Å². The number of pyridine rings is 2. The number of piperidine rings is 1. The number of anilines is 2. The Morgan fingerprint density at radius 1 is 1.26 bits per heavy atom. The third kappa shape index (κ3) is 4.06. The van der Waals surface area contributed by atoms with Crippen LogP contribution in [-0.2, 0) is 12.8 Å². The zero-order valence-corrected chi connectivity index (χ0v) is 21.5. The largest absolute Gasteiger partial charge is 0.397 e. The number of nitrogens with two attached hydrogens (primary N) is 1. The minimum absolute atomic E-state index is 0. The van der Waals surface area contributed by atoms with Crippen molar-refractivity contribution in [1.29, 1.82) is 0 Å². The smallest absolute Gasteiger partial charge is 0.263 e. The molecule has 3 aromatic rings. The molecule has 3 aromatic heterocycles. The average molecular weight is 493 g/mol. The molecule has 1 aliphatic carbocycles. The summed E-state index contributed by atoms with van der Waals surface area (Å²) in [5.41, 5.74) is 10.5. The number of amides is 1. The number of carbonyl (C=O) groups excluding carboxylic acids is 1. The number of hydrogen-bond donors (Lipinski definition) is 3. The van der Waals surface area contributed by atoms with Crippen molar-refractivity contribution in [2.45, 2.75) is 58.5 Å². The summed E-state index contributed by atoms with van der Waals surface area (Å²) in [6.07, 6.45) is 3.80. The molecule has 0 unspecified atom stereocenters. The second-order valence-corrected chi connectivity index (χ2v) is 12.1. The highest BCUT2D eigenvalue weighted by atomic mass is 32.1. The number of aromatic nitrogens is 2. The highest BCUT2D eigenvalue weighted by Crippen LogP contribution is 2.41. The molecule has 2 aliphatic heterocycles. The third-order valence-corrected chi connectivity index (χ3v) is 9.46. The SMILES string of the molecule is Cc1ccc2c(N)c(C(=O)N[C@H]3CCc4nc(N5C[C@H]6NCCC(C)(C)[C@H]6C5)ccc4C3)sc2n1.[HH]. The van der Waals surface area contributed by atoms with Crippen LogP contribution in [0.5, 0.6) is 0 Å². The molecule has 6 rings (SSSR count). The van der Waals surface area contributed by atoms with Gasteiger partial charge in [-0.15, -0.1) is 11.3 Å². The molecule has 3 atom stereocenters. The van der Waals surface area contributed by atoms with Crippen LogP contribution in [0.4, 0.5) is 11.5 Å². The molecule has 7 nitrogen and oxygen atoms in total. The Kier molecular flexibility index (Phi) is 5.49. The standard InChI is InChI=1S/C27H34N6OS.H2/c1-15-4-7-18-23(28)24(35-26(18)30-15)25(34)31-17-6-8-20-16(12-17)5-9-22(32-20)33-13-19-21(14-33)29-11-10-27(19,2)3;/h4-5,7,9,17,19,21,29H,6,8,10-14,28H2,1-3H3,(H,31,34);1H/t17-,19-,21+;/m0./s1. The van der Waals surface area contributed by atoms with Gasteiger partial charge in [0.1, 0.15) is 15.5 Å². The lowest BCUT2D eigenvalue weighted by Gasteiger charge is -2.40. The zero-order chi connectivity index (χ0) is 24.3. The van der Waals surface area contributed by atoms with Crippen molar-refractivity contribution in [1.82, 2.24) is 20.6 Å². The van der Waals surface area contributed by atoms with E-state index in [0.717, 1.165) is 60.6 Å². The van der Waals surface area contributed by atoms with Crippen molar-refractivity contribution in [2.75, 3.05) is 30.3 Å². The van der Waals surface area contributed by atoms with E-state index in [1.807, 2.05) is 19.1 Å². The van der Waals surface area contributed by atoms with Crippen LogP contribution >= 0.6 is 11.3 Å². The van der Waals surface area contributed by atoms with Crippen LogP contribution in [0.1, 0.15) is 54.7 Å². The molecule has 1 amide bonds. The van der Waals surface area contributed by atoms with Gasteiger partial charge in [-0.1, -0.05) is 19.9 Å². The Morgan fingerprint density at radius 3 is 2.94 bits per heavy atom. The normalized spacial score (nSPS) is 25.3. The molecule has 2 saturated heterocycles. The molecule has 3 aliphatic rings. The van der Waals surface area contributed by atoms with Crippen molar-refractivity contribution in [3.8, 4) is 0 Å². The summed E-state index contributed by atoms with van der Waals surface area (Å²) in [6.45, 7) is 9.98. The number of fused-ring (bicyclic) bond motifs is 3. The molecule has 8 heteroatoms. The summed E-state index contributed by atoms with van der Waals surface area (Å²) >= 11 is 1.37. The van der Waals surface area contributed by atoms with Crippen LogP contribution in [0.15, 0.2) is 24.3 Å². The van der Waals surface area contributed by atoms with Crippen LogP contribution in [-0.4, -0.2) is 47.6 Å². The van der Waals surface area contributed by atoms with Crippen LogP contribution < -0.4 is 21.3 Å². The maximum absolute atomic E-state index is 13.1. The zero-order valence-electron chi connectivity index (χ0n) is 20.7. The number of thiophene rings is 1. The van der Waals surface area contributed by atoms with Gasteiger partial charge < -0.3 is 21.3 Å². The fraction of sp³-hybridized carbons (Fsp3) is 0.519. The van der Waals surface area contributed by atoms with Gasteiger partial charge in [0.15, 0.2) is 0 Å². The van der Waals surface area contributed by atoms with Crippen molar-refractivity contribution in [2.24, 2.45) is 11.3 Å². The molecular formula is C27H36N6OS. The van der Waals surface area contributed by atoms with Gasteiger partial charge in [-0.05, 0) is 74.2 Å². The summed E-state index contributed by atoms with van der Waals surface area (Å²) in [6, 6.07) is 8.91. The Morgan fingerprint density at radius 2 is 2.11 bits per heavy atom. The molecule has 0 spiro atoms. The van der Waals surface area contributed by atoms with Gasteiger partial charge in [-0.25, -0.2) is 9.97 Å². The highest BCUT2D eigenvalue weighted by Gasteiger charge is 2.44. The molecule has 2 fully saturated rings. The van der Waals surface area contributed by atoms with E-state index in [9.17, 15) is 4.79 Å². The lowest BCUT2D eigenvalue weighted by Crippen LogP contribution is -2.49. The van der Waals surface area contributed by atoms with E-state index in [1.54, 1.807) is 0 Å². The molecule has 35 heavy (non-hydrogen) atoms. The van der Waals surface area contributed by atoms with Crippen LogP contribution in [0.25, 0.3) is 10.2 Å². The number of nitrogen functional groups attached to an aromatic ring is 1. The molecule has 186 valence electrons. The van der Waals surface area contributed by atoms with E-state index >= 15 is 0 Å². The fourth-order valence-corrected chi connectivity index (χ4v) is 7.21. The predicted molar refractivity (Wildman–Crippen MR) is 144 cm³/mol. The summed E-state index contributed by atoms with van der Waals surface area (Å²) in [5, 5.41) is 7.81. The van der Waals surface area contributed by atoms with E-state index in [2.05, 4.69) is 46.5 Å². The summed E-state index contributed by atoms with van der Waals surface area (Å²) < 4.78 is 0. The summed E-state index contributed by atoms with van der Waals surface area (Å²) in [5.74, 6) is 1.66. The maximum atomic E-state index is 13.1. The molecule has 0 radical (unpaired) electrons. The fourth-order valence-electron chi connectivity index (χ4n) is 6.16. The van der Waals surface area contributed by atoms with Gasteiger partial charge in [0.25, 0.3) is 5.91 Å². The maximum Gasteiger partial charge on any atom is 0.263 e. The number of nitrogens with one attached hydrogen (secondary N) is 2. The van der Waals surface area contributed by atoms with Crippen molar-refractivity contribution >= 4 is 39.0 Å². The van der Waals surface area contributed by atoms with Gasteiger partial charge in [-0.3, -0.25) is 4.79 Å². The van der Waals surface area contributed by atoms with Gasteiger partial charge in [-0.2, -0.15) is 0 Å². The van der Waals surface area contributed by atoms with Crippen molar-refractivity contribution in [3.05, 3.63) is 46.1 Å². The first-order valence-corrected chi connectivity index (χ1v) is 13.5. The van der Waals surface area contributed by atoms with E-state index in [4.69, 9.17) is 10.7 Å². The Hall–Kier alpha value is -2.71. The predicted octanol–water partition coefficient (Wildman–Crippen LogP) is 3.94. The summed E-state index contributed by atoms with van der Waals surface area (Å²) in [7, 11) is 0. The first-order chi connectivity index (χ1) is 16.8. The molecule has 0 aromatic carbocycles. The second-order valence-electron chi connectivity index (χ2n) is 11.1. The third-order valence-electron chi connectivity index (χ3n) is 8.35. The van der Waals surface area contributed by atoms with E-state index < -0.39 is 0 Å². The number of carbonyl (C=O) groups is 1. The van der Waals surface area contributed by atoms with Crippen molar-refractivity contribution < 1.29 is 6.22 Å². The Labute approximate surface area is 212 Å². The number of aryl methyl sites for hydroxylation is 2. The second kappa shape index (κ2) is 8.45. The molecule has 0 bridgehead atoms. The molecule has 5 heterocycles. The minimum Gasteiger partial charge on any atom is -0.397 e. The van der Waals surface area contributed by atoms with Crippen LogP contribution in [0.3, 0.4) is 0 Å². The first-order valence-electron chi connectivity index (χ1n) is 12.7. The Bertz CT molecular complexity index is 1310. The molecule has 0 saturated carbocycles. The first kappa shape index (κ1) is 22.7. The molecular weight excluding hydrogens is 456 g/mol. The van der Waals surface area contributed by atoms with E-state index in [-0.39, 0.29) is 13.4 Å². The Balaban J connectivity index is 0.00000267. The quantitative estimate of drug-likeness (QED) is 0.513.